The Bertz CT molecular complexity index is 707. The molecule has 102 valence electrons. The summed E-state index contributed by atoms with van der Waals surface area (Å²) in [6.07, 6.45) is 0. The van der Waals surface area contributed by atoms with Crippen molar-refractivity contribution in [2.45, 2.75) is 24.8 Å². The molecule has 0 amide bonds. The van der Waals surface area contributed by atoms with Gasteiger partial charge in [-0.15, -0.1) is 10.2 Å². The van der Waals surface area contributed by atoms with Crippen LogP contribution in [-0.4, -0.2) is 24.9 Å². The Morgan fingerprint density at radius 1 is 1.15 bits per heavy atom. The van der Waals surface area contributed by atoms with Gasteiger partial charge >= 0.3 is 0 Å². The molecule has 0 unspecified atom stereocenters. The van der Waals surface area contributed by atoms with Gasteiger partial charge in [0.15, 0.2) is 11.0 Å². The van der Waals surface area contributed by atoms with Crippen LogP contribution in [0.3, 0.4) is 0 Å². The third-order valence-corrected chi connectivity index (χ3v) is 3.62. The second kappa shape index (κ2) is 5.46. The number of hydrogen-bond donors (Lipinski definition) is 0. The Morgan fingerprint density at radius 2 is 1.95 bits per heavy atom. The maximum absolute atomic E-state index is 5.10. The van der Waals surface area contributed by atoms with Crippen molar-refractivity contribution in [3.63, 3.8) is 0 Å². The van der Waals surface area contributed by atoms with Crippen LogP contribution in [0.4, 0.5) is 0 Å². The molecule has 0 N–H and O–H groups in total. The maximum Gasteiger partial charge on any atom is 0.237 e. The molecule has 0 fully saturated rings. The minimum Gasteiger partial charge on any atom is -0.338 e. The molecule has 2 heterocycles. The highest BCUT2D eigenvalue weighted by molar-refractivity contribution is 7.98. The topological polar surface area (TPSA) is 69.6 Å². The Kier molecular flexibility index (Phi) is 3.51. The van der Waals surface area contributed by atoms with Crippen molar-refractivity contribution in [3.05, 3.63) is 47.9 Å². The van der Waals surface area contributed by atoms with E-state index in [1.165, 1.54) is 11.8 Å². The first kappa shape index (κ1) is 12.9. The van der Waals surface area contributed by atoms with Gasteiger partial charge in [-0.3, -0.25) is 4.57 Å². The summed E-state index contributed by atoms with van der Waals surface area (Å²) in [5.74, 6) is 2.65. The molecule has 20 heavy (non-hydrogen) atoms. The zero-order valence-electron chi connectivity index (χ0n) is 11.1. The minimum absolute atomic E-state index is 0.575. The molecule has 0 bridgehead atoms. The fourth-order valence-electron chi connectivity index (χ4n) is 1.84. The molecule has 3 rings (SSSR count). The predicted molar refractivity (Wildman–Crippen MR) is 74.7 cm³/mol. The van der Waals surface area contributed by atoms with Gasteiger partial charge < -0.3 is 4.52 Å². The number of para-hydroxylation sites is 1. The molecular weight excluding hydrogens is 274 g/mol. The van der Waals surface area contributed by atoms with Crippen LogP contribution in [0.1, 0.15) is 17.5 Å². The van der Waals surface area contributed by atoms with Crippen molar-refractivity contribution in [1.82, 2.24) is 24.9 Å². The molecule has 0 radical (unpaired) electrons. The van der Waals surface area contributed by atoms with E-state index in [9.17, 15) is 0 Å². The molecule has 0 atom stereocenters. The summed E-state index contributed by atoms with van der Waals surface area (Å²) in [6, 6.07) is 10.0. The van der Waals surface area contributed by atoms with E-state index in [0.717, 1.165) is 16.7 Å². The number of nitrogens with zero attached hydrogens (tertiary/aromatic N) is 5. The number of rotatable bonds is 4. The van der Waals surface area contributed by atoms with E-state index in [0.29, 0.717) is 17.5 Å². The van der Waals surface area contributed by atoms with E-state index in [1.54, 1.807) is 6.92 Å². The quantitative estimate of drug-likeness (QED) is 0.687. The van der Waals surface area contributed by atoms with Gasteiger partial charge in [0.05, 0.1) is 5.75 Å². The van der Waals surface area contributed by atoms with Gasteiger partial charge in [-0.1, -0.05) is 35.1 Å². The Hall–Kier alpha value is -2.15. The van der Waals surface area contributed by atoms with Crippen molar-refractivity contribution in [1.29, 1.82) is 0 Å². The number of benzene rings is 1. The van der Waals surface area contributed by atoms with E-state index >= 15 is 0 Å². The van der Waals surface area contributed by atoms with Gasteiger partial charge in [0.2, 0.25) is 5.89 Å². The monoisotopic (exact) mass is 287 g/mol. The zero-order chi connectivity index (χ0) is 13.9. The normalized spacial score (nSPS) is 10.9. The van der Waals surface area contributed by atoms with Gasteiger partial charge in [0.25, 0.3) is 0 Å². The molecule has 0 spiro atoms. The van der Waals surface area contributed by atoms with Crippen molar-refractivity contribution >= 4 is 11.8 Å². The highest BCUT2D eigenvalue weighted by Crippen LogP contribution is 2.24. The highest BCUT2D eigenvalue weighted by atomic mass is 32.2. The molecule has 3 aromatic rings. The Labute approximate surface area is 120 Å². The zero-order valence-corrected chi connectivity index (χ0v) is 12.0. The van der Waals surface area contributed by atoms with Crippen molar-refractivity contribution in [2.24, 2.45) is 0 Å². The van der Waals surface area contributed by atoms with E-state index in [2.05, 4.69) is 20.3 Å². The molecule has 0 saturated carbocycles. The SMILES string of the molecule is Cc1noc(CSc2nnc(C)n2-c2ccccc2)n1. The van der Waals surface area contributed by atoms with Crippen molar-refractivity contribution in [2.75, 3.05) is 0 Å². The molecular formula is C13H13N5OS. The van der Waals surface area contributed by atoms with Crippen LogP contribution in [-0.2, 0) is 5.75 Å². The minimum atomic E-state index is 0.575. The largest absolute Gasteiger partial charge is 0.338 e. The van der Waals surface area contributed by atoms with Gasteiger partial charge in [-0.2, -0.15) is 4.98 Å². The van der Waals surface area contributed by atoms with Crippen molar-refractivity contribution < 1.29 is 4.52 Å². The summed E-state index contributed by atoms with van der Waals surface area (Å²) in [5, 5.41) is 12.9. The fourth-order valence-corrected chi connectivity index (χ4v) is 2.67. The van der Waals surface area contributed by atoms with Crippen LogP contribution in [0.25, 0.3) is 5.69 Å². The Morgan fingerprint density at radius 3 is 2.65 bits per heavy atom. The van der Waals surface area contributed by atoms with Crippen LogP contribution < -0.4 is 0 Å². The number of aryl methyl sites for hydroxylation is 2. The summed E-state index contributed by atoms with van der Waals surface area (Å²) in [4.78, 5) is 4.18. The van der Waals surface area contributed by atoms with Crippen LogP contribution in [0, 0.1) is 13.8 Å². The molecule has 7 heteroatoms. The first-order valence-corrected chi connectivity index (χ1v) is 7.12. The molecule has 0 saturated heterocycles. The molecule has 2 aromatic heterocycles. The third-order valence-electron chi connectivity index (χ3n) is 2.70. The van der Waals surface area contributed by atoms with Gasteiger partial charge in [-0.25, -0.2) is 0 Å². The average Bonchev–Trinajstić information content (AvgIpc) is 3.03. The summed E-state index contributed by atoms with van der Waals surface area (Å²) in [6.45, 7) is 3.73. The summed E-state index contributed by atoms with van der Waals surface area (Å²) >= 11 is 1.52. The lowest BCUT2D eigenvalue weighted by Crippen LogP contribution is -1.98. The molecule has 0 aliphatic carbocycles. The predicted octanol–water partition coefficient (Wildman–Crippen LogP) is 2.56. The smallest absolute Gasteiger partial charge is 0.237 e. The van der Waals surface area contributed by atoms with E-state index in [-0.39, 0.29) is 0 Å². The summed E-state index contributed by atoms with van der Waals surface area (Å²) in [5.41, 5.74) is 1.04. The van der Waals surface area contributed by atoms with Crippen LogP contribution in [0.5, 0.6) is 0 Å². The summed E-state index contributed by atoms with van der Waals surface area (Å²) in [7, 11) is 0. The second-order valence-electron chi connectivity index (χ2n) is 4.22. The third kappa shape index (κ3) is 2.57. The number of aromatic nitrogens is 5. The molecule has 0 aliphatic rings. The van der Waals surface area contributed by atoms with Gasteiger partial charge in [0, 0.05) is 5.69 Å². The van der Waals surface area contributed by atoms with E-state index in [4.69, 9.17) is 4.52 Å². The van der Waals surface area contributed by atoms with Crippen LogP contribution >= 0.6 is 11.8 Å². The van der Waals surface area contributed by atoms with Gasteiger partial charge in [0.1, 0.15) is 5.82 Å². The highest BCUT2D eigenvalue weighted by Gasteiger charge is 2.13. The van der Waals surface area contributed by atoms with Crippen molar-refractivity contribution in [3.8, 4) is 5.69 Å². The first-order valence-electron chi connectivity index (χ1n) is 6.13. The van der Waals surface area contributed by atoms with Crippen LogP contribution in [0.2, 0.25) is 0 Å². The number of thioether (sulfide) groups is 1. The molecule has 0 aliphatic heterocycles. The fraction of sp³-hybridized carbons (Fsp3) is 0.231. The van der Waals surface area contributed by atoms with Gasteiger partial charge in [-0.05, 0) is 26.0 Å². The first-order chi connectivity index (χ1) is 9.74. The van der Waals surface area contributed by atoms with E-state index in [1.807, 2.05) is 41.8 Å². The van der Waals surface area contributed by atoms with E-state index < -0.39 is 0 Å². The second-order valence-corrected chi connectivity index (χ2v) is 5.17. The molecule has 6 nitrogen and oxygen atoms in total. The summed E-state index contributed by atoms with van der Waals surface area (Å²) < 4.78 is 7.11. The number of hydrogen-bond acceptors (Lipinski definition) is 6. The van der Waals surface area contributed by atoms with Crippen LogP contribution in [0.15, 0.2) is 40.0 Å². The average molecular weight is 287 g/mol. The lowest BCUT2D eigenvalue weighted by molar-refractivity contribution is 0.387. The lowest BCUT2D eigenvalue weighted by atomic mass is 10.3. The standard InChI is InChI=1S/C13H13N5OS/c1-9-14-12(19-17-9)8-20-13-16-15-10(2)18(13)11-6-4-3-5-7-11/h3-7H,8H2,1-2H3. The lowest BCUT2D eigenvalue weighted by Gasteiger charge is -2.06. The Balaban J connectivity index is 1.84. The maximum atomic E-state index is 5.10. The molecule has 1 aromatic carbocycles.